The van der Waals surface area contributed by atoms with Crippen molar-refractivity contribution in [1.29, 1.82) is 5.26 Å². The van der Waals surface area contributed by atoms with E-state index < -0.39 is 11.7 Å². The summed E-state index contributed by atoms with van der Waals surface area (Å²) in [5.74, 6) is -0.196. The Kier molecular flexibility index (Phi) is 5.01. The molecule has 0 saturated heterocycles. The van der Waals surface area contributed by atoms with E-state index in [1.165, 1.54) is 30.3 Å². The van der Waals surface area contributed by atoms with Crippen LogP contribution >= 0.6 is 23.2 Å². The highest BCUT2D eigenvalue weighted by molar-refractivity contribution is 6.35. The fraction of sp³-hybridized carbons (Fsp3) is 0.0526. The first-order valence-corrected chi connectivity index (χ1v) is 8.30. The number of nitrogens with zero attached hydrogens (tertiary/aromatic N) is 2. The average molecular weight is 408 g/mol. The normalized spacial score (nSPS) is 11.3. The summed E-state index contributed by atoms with van der Waals surface area (Å²) >= 11 is 12.2. The molecule has 0 radical (unpaired) electrons. The lowest BCUT2D eigenvalue weighted by molar-refractivity contribution is -0.137. The van der Waals surface area contributed by atoms with E-state index >= 15 is 0 Å². The van der Waals surface area contributed by atoms with E-state index in [0.29, 0.717) is 15.6 Å². The fourth-order valence-electron chi connectivity index (χ4n) is 2.69. The van der Waals surface area contributed by atoms with Crippen LogP contribution in [-0.2, 0) is 6.18 Å². The third-order valence-electron chi connectivity index (χ3n) is 3.89. The third-order valence-corrected chi connectivity index (χ3v) is 4.45. The summed E-state index contributed by atoms with van der Waals surface area (Å²) in [6.07, 6.45) is -4.60. The van der Waals surface area contributed by atoms with Gasteiger partial charge in [0.25, 0.3) is 0 Å². The molecule has 0 bridgehead atoms. The van der Waals surface area contributed by atoms with Gasteiger partial charge in [0.1, 0.15) is 17.5 Å². The highest BCUT2D eigenvalue weighted by atomic mass is 35.5. The lowest BCUT2D eigenvalue weighted by atomic mass is 9.94. The maximum atomic E-state index is 13.4. The van der Waals surface area contributed by atoms with Gasteiger partial charge in [-0.05, 0) is 35.9 Å². The molecule has 0 spiro atoms. The number of anilines is 1. The Morgan fingerprint density at radius 2 is 1.67 bits per heavy atom. The minimum atomic E-state index is -4.60. The van der Waals surface area contributed by atoms with Crippen molar-refractivity contribution in [2.45, 2.75) is 6.18 Å². The number of rotatable bonds is 2. The molecular formula is C19H10Cl2F3N3. The van der Waals surface area contributed by atoms with Gasteiger partial charge in [0, 0.05) is 16.1 Å². The lowest BCUT2D eigenvalue weighted by Crippen LogP contribution is -2.08. The van der Waals surface area contributed by atoms with Gasteiger partial charge in [0.2, 0.25) is 0 Å². The van der Waals surface area contributed by atoms with E-state index in [1.807, 2.05) is 6.07 Å². The van der Waals surface area contributed by atoms with Crippen molar-refractivity contribution < 1.29 is 13.2 Å². The first-order chi connectivity index (χ1) is 12.7. The topological polar surface area (TPSA) is 62.7 Å². The van der Waals surface area contributed by atoms with E-state index in [2.05, 4.69) is 4.98 Å². The molecule has 0 amide bonds. The van der Waals surface area contributed by atoms with Crippen molar-refractivity contribution >= 4 is 29.0 Å². The Hall–Kier alpha value is -2.75. The quantitative estimate of drug-likeness (QED) is 0.550. The van der Waals surface area contributed by atoms with E-state index in [9.17, 15) is 18.4 Å². The molecule has 27 heavy (non-hydrogen) atoms. The third kappa shape index (κ3) is 3.70. The maximum Gasteiger partial charge on any atom is 0.417 e. The van der Waals surface area contributed by atoms with Crippen molar-refractivity contribution in [2.75, 3.05) is 5.73 Å². The van der Waals surface area contributed by atoms with Gasteiger partial charge in [-0.2, -0.15) is 18.4 Å². The molecule has 3 nitrogen and oxygen atoms in total. The van der Waals surface area contributed by atoms with Crippen molar-refractivity contribution in [3.05, 3.63) is 69.7 Å². The number of nitriles is 1. The van der Waals surface area contributed by atoms with E-state index in [-0.39, 0.29) is 28.2 Å². The summed E-state index contributed by atoms with van der Waals surface area (Å²) in [6.45, 7) is 0. The highest BCUT2D eigenvalue weighted by Gasteiger charge is 2.34. The van der Waals surface area contributed by atoms with Crippen molar-refractivity contribution in [1.82, 2.24) is 4.98 Å². The van der Waals surface area contributed by atoms with Crippen LogP contribution in [-0.4, -0.2) is 4.98 Å². The Morgan fingerprint density at radius 1 is 0.963 bits per heavy atom. The second kappa shape index (κ2) is 7.10. The number of nitrogens with two attached hydrogens (primary N) is 1. The van der Waals surface area contributed by atoms with Crippen LogP contribution < -0.4 is 5.73 Å². The molecule has 0 aliphatic heterocycles. The summed E-state index contributed by atoms with van der Waals surface area (Å²) in [5, 5.41) is 10.1. The van der Waals surface area contributed by atoms with E-state index in [4.69, 9.17) is 28.9 Å². The molecule has 2 aromatic carbocycles. The Bertz CT molecular complexity index is 1070. The average Bonchev–Trinajstić information content (AvgIpc) is 2.62. The number of benzene rings is 2. The minimum absolute atomic E-state index is 0.0176. The molecule has 1 heterocycles. The number of pyridine rings is 1. The van der Waals surface area contributed by atoms with Gasteiger partial charge in [-0.3, -0.25) is 0 Å². The molecule has 0 saturated carbocycles. The fourth-order valence-corrected chi connectivity index (χ4v) is 3.08. The molecule has 136 valence electrons. The van der Waals surface area contributed by atoms with Crippen molar-refractivity contribution in [3.63, 3.8) is 0 Å². The SMILES string of the molecule is N#Cc1c(-c2ccccc2C(F)(F)F)cc(-c2cc(Cl)ccc2Cl)nc1N. The molecule has 3 rings (SSSR count). The zero-order chi connectivity index (χ0) is 19.8. The largest absolute Gasteiger partial charge is 0.417 e. The Balaban J connectivity index is 2.34. The number of nitrogen functional groups attached to an aromatic ring is 1. The molecule has 0 aliphatic carbocycles. The van der Waals surface area contributed by atoms with Crippen molar-refractivity contribution in [3.8, 4) is 28.5 Å². The summed E-state index contributed by atoms with van der Waals surface area (Å²) < 4.78 is 40.3. The molecule has 1 aromatic heterocycles. The molecule has 8 heteroatoms. The predicted octanol–water partition coefficient (Wildman–Crippen LogP) is 6.20. The second-order valence-electron chi connectivity index (χ2n) is 5.59. The smallest absolute Gasteiger partial charge is 0.383 e. The van der Waals surface area contributed by atoms with E-state index in [0.717, 1.165) is 6.07 Å². The number of alkyl halides is 3. The molecular weight excluding hydrogens is 398 g/mol. The van der Waals surface area contributed by atoms with Gasteiger partial charge in [0.05, 0.1) is 16.3 Å². The maximum absolute atomic E-state index is 13.4. The summed E-state index contributed by atoms with van der Waals surface area (Å²) in [5.41, 5.74) is 5.29. The van der Waals surface area contributed by atoms with Gasteiger partial charge in [-0.15, -0.1) is 0 Å². The standard InChI is InChI=1S/C19H10Cl2F3N3/c20-10-5-6-16(21)13(7-10)17-8-12(14(9-25)18(26)27-17)11-3-1-2-4-15(11)19(22,23)24/h1-8H,(H2,26,27). The molecule has 2 N–H and O–H groups in total. The Morgan fingerprint density at radius 3 is 2.33 bits per heavy atom. The first-order valence-electron chi connectivity index (χ1n) is 7.55. The Labute approximate surface area is 162 Å². The van der Waals surface area contributed by atoms with Crippen LogP contribution in [0.5, 0.6) is 0 Å². The molecule has 0 atom stereocenters. The van der Waals surface area contributed by atoms with Gasteiger partial charge in [0.15, 0.2) is 0 Å². The number of aromatic nitrogens is 1. The van der Waals surface area contributed by atoms with Gasteiger partial charge >= 0.3 is 6.18 Å². The number of hydrogen-bond acceptors (Lipinski definition) is 3. The summed E-state index contributed by atoms with van der Waals surface area (Å²) in [6, 6.07) is 12.8. The van der Waals surface area contributed by atoms with Crippen molar-refractivity contribution in [2.24, 2.45) is 0 Å². The van der Waals surface area contributed by atoms with Crippen LogP contribution in [0.15, 0.2) is 48.5 Å². The summed E-state index contributed by atoms with van der Waals surface area (Å²) in [4.78, 5) is 4.13. The molecule has 0 aliphatic rings. The van der Waals surface area contributed by atoms with Crippen LogP contribution in [0, 0.1) is 11.3 Å². The summed E-state index contributed by atoms with van der Waals surface area (Å²) in [7, 11) is 0. The minimum Gasteiger partial charge on any atom is -0.383 e. The van der Waals surface area contributed by atoms with Crippen LogP contribution in [0.2, 0.25) is 10.0 Å². The zero-order valence-electron chi connectivity index (χ0n) is 13.5. The molecule has 0 fully saturated rings. The molecule has 0 unspecified atom stereocenters. The van der Waals surface area contributed by atoms with Crippen LogP contribution in [0.4, 0.5) is 19.0 Å². The van der Waals surface area contributed by atoms with Crippen LogP contribution in [0.25, 0.3) is 22.4 Å². The van der Waals surface area contributed by atoms with Gasteiger partial charge < -0.3 is 5.73 Å². The number of halogens is 5. The zero-order valence-corrected chi connectivity index (χ0v) is 15.0. The lowest BCUT2D eigenvalue weighted by Gasteiger charge is -2.16. The van der Waals surface area contributed by atoms with Crippen LogP contribution in [0.1, 0.15) is 11.1 Å². The predicted molar refractivity (Wildman–Crippen MR) is 99.3 cm³/mol. The van der Waals surface area contributed by atoms with Crippen LogP contribution in [0.3, 0.4) is 0 Å². The monoisotopic (exact) mass is 407 g/mol. The van der Waals surface area contributed by atoms with Gasteiger partial charge in [-0.1, -0.05) is 41.4 Å². The second-order valence-corrected chi connectivity index (χ2v) is 6.44. The first kappa shape index (κ1) is 19.0. The number of hydrogen-bond donors (Lipinski definition) is 1. The van der Waals surface area contributed by atoms with E-state index in [1.54, 1.807) is 12.1 Å². The molecule has 3 aromatic rings. The highest BCUT2D eigenvalue weighted by Crippen LogP contribution is 2.41. The van der Waals surface area contributed by atoms with Gasteiger partial charge in [-0.25, -0.2) is 4.98 Å².